The first-order valence-electron chi connectivity index (χ1n) is 4.98. The van der Waals surface area contributed by atoms with E-state index in [1.54, 1.807) is 0 Å². The molecule has 14 heavy (non-hydrogen) atoms. The van der Waals surface area contributed by atoms with Gasteiger partial charge in [0.15, 0.2) is 0 Å². The molecule has 2 N–H and O–H groups in total. The first-order valence-corrected chi connectivity index (χ1v) is 4.98. The van der Waals surface area contributed by atoms with Gasteiger partial charge in [-0.1, -0.05) is 18.2 Å². The summed E-state index contributed by atoms with van der Waals surface area (Å²) in [4.78, 5) is 0. The van der Waals surface area contributed by atoms with E-state index < -0.39 is 0 Å². The molecule has 1 unspecified atom stereocenters. The van der Waals surface area contributed by atoms with Crippen molar-refractivity contribution in [2.24, 2.45) is 5.73 Å². The SMILES string of the molecule is CC1(C)CC(C)(N)c2ccccc2O1. The first-order chi connectivity index (χ1) is 6.41. The quantitative estimate of drug-likeness (QED) is 0.683. The van der Waals surface area contributed by atoms with Gasteiger partial charge in [-0.15, -0.1) is 0 Å². The Morgan fingerprint density at radius 3 is 2.57 bits per heavy atom. The standard InChI is InChI=1S/C12H17NO/c1-11(2)8-12(3,13)9-6-4-5-7-10(9)14-11/h4-7H,8,13H2,1-3H3. The molecule has 1 aromatic rings. The van der Waals surface area contributed by atoms with Crippen LogP contribution >= 0.6 is 0 Å². The Bertz CT molecular complexity index is 355. The minimum atomic E-state index is -0.279. The molecular formula is C12H17NO. The van der Waals surface area contributed by atoms with E-state index in [-0.39, 0.29) is 11.1 Å². The summed E-state index contributed by atoms with van der Waals surface area (Å²) in [7, 11) is 0. The third-order valence-electron chi connectivity index (χ3n) is 2.68. The van der Waals surface area contributed by atoms with Gasteiger partial charge in [-0.05, 0) is 26.8 Å². The summed E-state index contributed by atoms with van der Waals surface area (Å²) in [5.41, 5.74) is 6.95. The average molecular weight is 191 g/mol. The van der Waals surface area contributed by atoms with Crippen molar-refractivity contribution in [3.8, 4) is 5.75 Å². The molecule has 76 valence electrons. The molecule has 0 fully saturated rings. The minimum absolute atomic E-state index is 0.169. The van der Waals surface area contributed by atoms with Crippen molar-refractivity contribution in [2.45, 2.75) is 38.3 Å². The summed E-state index contributed by atoms with van der Waals surface area (Å²) in [5, 5.41) is 0. The van der Waals surface area contributed by atoms with Crippen LogP contribution in [0.4, 0.5) is 0 Å². The van der Waals surface area contributed by atoms with E-state index in [1.165, 1.54) is 0 Å². The number of nitrogens with two attached hydrogens (primary N) is 1. The van der Waals surface area contributed by atoms with Crippen LogP contribution in [0.2, 0.25) is 0 Å². The fraction of sp³-hybridized carbons (Fsp3) is 0.500. The second-order valence-corrected chi connectivity index (χ2v) is 4.95. The van der Waals surface area contributed by atoms with Crippen LogP contribution in [-0.2, 0) is 5.54 Å². The zero-order valence-corrected chi connectivity index (χ0v) is 9.00. The van der Waals surface area contributed by atoms with E-state index >= 15 is 0 Å². The molecule has 0 aliphatic carbocycles. The molecule has 1 aliphatic rings. The maximum atomic E-state index is 6.29. The number of fused-ring (bicyclic) bond motifs is 1. The normalized spacial score (nSPS) is 29.1. The molecule has 1 heterocycles. The molecule has 0 bridgehead atoms. The van der Waals surface area contributed by atoms with Crippen LogP contribution in [0.1, 0.15) is 32.8 Å². The number of benzene rings is 1. The summed E-state index contributed by atoms with van der Waals surface area (Å²) in [6, 6.07) is 8.02. The fourth-order valence-electron chi connectivity index (χ4n) is 2.34. The van der Waals surface area contributed by atoms with Crippen LogP contribution in [0.5, 0.6) is 5.75 Å². The lowest BCUT2D eigenvalue weighted by molar-refractivity contribution is 0.0503. The van der Waals surface area contributed by atoms with Crippen molar-refractivity contribution in [1.29, 1.82) is 0 Å². The highest BCUT2D eigenvalue weighted by molar-refractivity contribution is 5.41. The second-order valence-electron chi connectivity index (χ2n) is 4.95. The molecule has 2 heteroatoms. The van der Waals surface area contributed by atoms with Crippen LogP contribution in [0.25, 0.3) is 0 Å². The Hall–Kier alpha value is -1.02. The maximum absolute atomic E-state index is 6.29. The van der Waals surface area contributed by atoms with E-state index in [2.05, 4.69) is 20.8 Å². The monoisotopic (exact) mass is 191 g/mol. The number of para-hydroxylation sites is 1. The number of rotatable bonds is 0. The summed E-state index contributed by atoms with van der Waals surface area (Å²) < 4.78 is 5.87. The summed E-state index contributed by atoms with van der Waals surface area (Å²) in [6.45, 7) is 6.22. The molecule has 2 nitrogen and oxygen atoms in total. The Balaban J connectivity index is 2.52. The number of hydrogen-bond donors (Lipinski definition) is 1. The lowest BCUT2D eigenvalue weighted by Gasteiger charge is -2.42. The van der Waals surface area contributed by atoms with Gasteiger partial charge in [0.05, 0.1) is 0 Å². The van der Waals surface area contributed by atoms with Gasteiger partial charge in [0, 0.05) is 17.5 Å². The van der Waals surface area contributed by atoms with Crippen molar-refractivity contribution in [1.82, 2.24) is 0 Å². The lowest BCUT2D eigenvalue weighted by Crippen LogP contribution is -2.47. The zero-order chi connectivity index (χ0) is 10.4. The van der Waals surface area contributed by atoms with Crippen LogP contribution < -0.4 is 10.5 Å². The van der Waals surface area contributed by atoms with E-state index in [0.717, 1.165) is 17.7 Å². The third kappa shape index (κ3) is 1.50. The van der Waals surface area contributed by atoms with Crippen molar-refractivity contribution in [3.05, 3.63) is 29.8 Å². The lowest BCUT2D eigenvalue weighted by atomic mass is 9.80. The van der Waals surface area contributed by atoms with Gasteiger partial charge in [0.25, 0.3) is 0 Å². The molecule has 0 amide bonds. The largest absolute Gasteiger partial charge is 0.487 e. The van der Waals surface area contributed by atoms with Gasteiger partial charge in [-0.3, -0.25) is 0 Å². The van der Waals surface area contributed by atoms with Gasteiger partial charge in [-0.2, -0.15) is 0 Å². The molecule has 0 spiro atoms. The third-order valence-corrected chi connectivity index (χ3v) is 2.68. The van der Waals surface area contributed by atoms with Crippen LogP contribution in [0.15, 0.2) is 24.3 Å². The van der Waals surface area contributed by atoms with Crippen molar-refractivity contribution in [2.75, 3.05) is 0 Å². The highest BCUT2D eigenvalue weighted by atomic mass is 16.5. The summed E-state index contributed by atoms with van der Waals surface area (Å²) >= 11 is 0. The van der Waals surface area contributed by atoms with Gasteiger partial charge >= 0.3 is 0 Å². The molecule has 0 radical (unpaired) electrons. The predicted octanol–water partition coefficient (Wildman–Crippen LogP) is 2.42. The summed E-state index contributed by atoms with van der Waals surface area (Å²) in [6.07, 6.45) is 0.844. The number of ether oxygens (including phenoxy) is 1. The van der Waals surface area contributed by atoms with E-state index in [9.17, 15) is 0 Å². The Morgan fingerprint density at radius 2 is 1.86 bits per heavy atom. The van der Waals surface area contributed by atoms with Crippen molar-refractivity contribution in [3.63, 3.8) is 0 Å². The molecule has 0 saturated carbocycles. The van der Waals surface area contributed by atoms with E-state index in [1.807, 2.05) is 24.3 Å². The Morgan fingerprint density at radius 1 is 1.21 bits per heavy atom. The highest BCUT2D eigenvalue weighted by Crippen LogP contribution is 2.41. The van der Waals surface area contributed by atoms with E-state index in [4.69, 9.17) is 10.5 Å². The van der Waals surface area contributed by atoms with Crippen LogP contribution in [-0.4, -0.2) is 5.60 Å². The van der Waals surface area contributed by atoms with Gasteiger partial charge in [-0.25, -0.2) is 0 Å². The number of hydrogen-bond acceptors (Lipinski definition) is 2. The first kappa shape index (κ1) is 9.53. The fourth-order valence-corrected chi connectivity index (χ4v) is 2.34. The topological polar surface area (TPSA) is 35.2 Å². The van der Waals surface area contributed by atoms with Crippen molar-refractivity contribution >= 4 is 0 Å². The van der Waals surface area contributed by atoms with Crippen molar-refractivity contribution < 1.29 is 4.74 Å². The maximum Gasteiger partial charge on any atom is 0.125 e. The molecule has 1 aliphatic heterocycles. The smallest absolute Gasteiger partial charge is 0.125 e. The highest BCUT2D eigenvalue weighted by Gasteiger charge is 2.38. The predicted molar refractivity (Wildman–Crippen MR) is 57.3 cm³/mol. The summed E-state index contributed by atoms with van der Waals surface area (Å²) in [5.74, 6) is 0.925. The van der Waals surface area contributed by atoms with Gasteiger partial charge < -0.3 is 10.5 Å². The second kappa shape index (κ2) is 2.74. The van der Waals surface area contributed by atoms with Crippen LogP contribution in [0, 0.1) is 0 Å². The average Bonchev–Trinajstić information content (AvgIpc) is 2.00. The molecule has 0 saturated heterocycles. The molecule has 1 atom stereocenters. The minimum Gasteiger partial charge on any atom is -0.487 e. The molecule has 2 rings (SSSR count). The Labute approximate surface area is 85.1 Å². The van der Waals surface area contributed by atoms with Gasteiger partial charge in [0.2, 0.25) is 0 Å². The Kier molecular flexibility index (Phi) is 1.86. The zero-order valence-electron chi connectivity index (χ0n) is 9.00. The molecule has 0 aromatic heterocycles. The van der Waals surface area contributed by atoms with Crippen LogP contribution in [0.3, 0.4) is 0 Å². The van der Waals surface area contributed by atoms with Gasteiger partial charge in [0.1, 0.15) is 11.4 Å². The molecular weight excluding hydrogens is 174 g/mol. The van der Waals surface area contributed by atoms with E-state index in [0.29, 0.717) is 0 Å². The molecule has 1 aromatic carbocycles.